The van der Waals surface area contributed by atoms with Crippen molar-refractivity contribution in [2.24, 2.45) is 10.7 Å². The summed E-state index contributed by atoms with van der Waals surface area (Å²) in [6, 6.07) is 2.17. The molecule has 1 saturated carbocycles. The average Bonchev–Trinajstić information content (AvgIpc) is 2.95. The summed E-state index contributed by atoms with van der Waals surface area (Å²) in [5, 5.41) is 0. The number of hydrogen-bond acceptors (Lipinski definition) is 4. The first-order valence-electron chi connectivity index (χ1n) is 5.71. The fraction of sp³-hybridized carbons (Fsp3) is 0.583. The molecule has 2 aliphatic rings. The third-order valence-corrected chi connectivity index (χ3v) is 7.41. The number of aliphatic imine (C=N–C) groups is 1. The van der Waals surface area contributed by atoms with Crippen molar-refractivity contribution in [3.05, 3.63) is 20.3 Å². The minimum Gasteiger partial charge on any atom is -0.386 e. The minimum absolute atomic E-state index is 0.136. The SMILES string of the molecule is Cc1cc(Br)sc1[C@]1(C)CSC2(CC2)C(N)=N1. The Hall–Kier alpha value is -0.000000000000000111. The lowest BCUT2D eigenvalue weighted by molar-refractivity contribution is 0.569. The highest BCUT2D eigenvalue weighted by atomic mass is 79.9. The number of nitrogens with two attached hydrogens (primary N) is 1. The fourth-order valence-electron chi connectivity index (χ4n) is 2.36. The Labute approximate surface area is 118 Å². The molecule has 1 aliphatic carbocycles. The lowest BCUT2D eigenvalue weighted by atomic mass is 10.00. The topological polar surface area (TPSA) is 38.4 Å². The van der Waals surface area contributed by atoms with Crippen molar-refractivity contribution in [3.63, 3.8) is 0 Å². The van der Waals surface area contributed by atoms with E-state index in [1.807, 2.05) is 11.8 Å². The van der Waals surface area contributed by atoms with Gasteiger partial charge in [0.2, 0.25) is 0 Å². The summed E-state index contributed by atoms with van der Waals surface area (Å²) < 4.78 is 1.39. The normalized spacial score (nSPS) is 30.4. The van der Waals surface area contributed by atoms with Crippen molar-refractivity contribution in [1.82, 2.24) is 0 Å². The van der Waals surface area contributed by atoms with Gasteiger partial charge in [0, 0.05) is 10.6 Å². The van der Waals surface area contributed by atoms with Gasteiger partial charge in [0.15, 0.2) is 0 Å². The first-order valence-corrected chi connectivity index (χ1v) is 8.31. The molecule has 1 aromatic rings. The molecule has 92 valence electrons. The highest BCUT2D eigenvalue weighted by molar-refractivity contribution is 9.11. The zero-order valence-corrected chi connectivity index (χ0v) is 13.1. The van der Waals surface area contributed by atoms with Crippen LogP contribution in [0.5, 0.6) is 0 Å². The van der Waals surface area contributed by atoms with Gasteiger partial charge in [-0.25, -0.2) is 0 Å². The smallest absolute Gasteiger partial charge is 0.111 e. The van der Waals surface area contributed by atoms with E-state index in [2.05, 4.69) is 35.8 Å². The Kier molecular flexibility index (Phi) is 2.66. The van der Waals surface area contributed by atoms with Gasteiger partial charge in [-0.15, -0.1) is 23.1 Å². The molecule has 1 atom stereocenters. The van der Waals surface area contributed by atoms with Crippen molar-refractivity contribution >= 4 is 44.9 Å². The average molecular weight is 331 g/mol. The van der Waals surface area contributed by atoms with Gasteiger partial charge >= 0.3 is 0 Å². The maximum absolute atomic E-state index is 6.17. The molecule has 2 N–H and O–H groups in total. The molecule has 2 nitrogen and oxygen atoms in total. The Morgan fingerprint density at radius 1 is 1.47 bits per heavy atom. The third kappa shape index (κ3) is 1.87. The van der Waals surface area contributed by atoms with E-state index in [0.717, 1.165) is 11.6 Å². The van der Waals surface area contributed by atoms with Gasteiger partial charge < -0.3 is 5.73 Å². The van der Waals surface area contributed by atoms with Crippen LogP contribution in [0.15, 0.2) is 14.8 Å². The van der Waals surface area contributed by atoms with Crippen LogP contribution >= 0.6 is 39.0 Å². The predicted molar refractivity (Wildman–Crippen MR) is 80.2 cm³/mol. The highest BCUT2D eigenvalue weighted by Crippen LogP contribution is 2.55. The summed E-state index contributed by atoms with van der Waals surface area (Å²) in [4.78, 5) is 6.18. The van der Waals surface area contributed by atoms with Gasteiger partial charge in [-0.2, -0.15) is 0 Å². The van der Waals surface area contributed by atoms with Gasteiger partial charge in [0.25, 0.3) is 0 Å². The van der Waals surface area contributed by atoms with Crippen LogP contribution in [0.3, 0.4) is 0 Å². The van der Waals surface area contributed by atoms with Gasteiger partial charge in [0.1, 0.15) is 11.4 Å². The third-order valence-electron chi connectivity index (χ3n) is 3.54. The van der Waals surface area contributed by atoms with Crippen LogP contribution in [0.25, 0.3) is 0 Å². The fourth-order valence-corrected chi connectivity index (χ4v) is 5.62. The standard InChI is InChI=1S/C12H15BrN2S2/c1-7-5-8(13)17-9(7)11(2)6-16-12(3-4-12)10(14)15-11/h5H,3-4,6H2,1-2H3,(H2,14,15)/t11-/m0/s1. The van der Waals surface area contributed by atoms with Gasteiger partial charge in [-0.1, -0.05) is 0 Å². The number of nitrogens with zero attached hydrogens (tertiary/aromatic N) is 1. The molecular formula is C12H15BrN2S2. The lowest BCUT2D eigenvalue weighted by Crippen LogP contribution is -2.39. The molecule has 5 heteroatoms. The molecule has 17 heavy (non-hydrogen) atoms. The highest BCUT2D eigenvalue weighted by Gasteiger charge is 2.52. The molecule has 2 heterocycles. The second-order valence-electron chi connectivity index (χ2n) is 5.12. The quantitative estimate of drug-likeness (QED) is 0.853. The van der Waals surface area contributed by atoms with E-state index in [9.17, 15) is 0 Å². The molecule has 1 aromatic heterocycles. The van der Waals surface area contributed by atoms with Crippen LogP contribution in [0, 0.1) is 6.92 Å². The molecule has 0 saturated heterocycles. The van der Waals surface area contributed by atoms with Gasteiger partial charge in [-0.3, -0.25) is 4.99 Å². The van der Waals surface area contributed by atoms with Crippen LogP contribution in [0.2, 0.25) is 0 Å². The summed E-state index contributed by atoms with van der Waals surface area (Å²) in [7, 11) is 0. The molecule has 1 aliphatic heterocycles. The van der Waals surface area contributed by atoms with E-state index in [0.29, 0.717) is 0 Å². The minimum atomic E-state index is -0.136. The van der Waals surface area contributed by atoms with Crippen molar-refractivity contribution in [2.75, 3.05) is 5.75 Å². The number of thiophene rings is 1. The maximum atomic E-state index is 6.17. The maximum Gasteiger partial charge on any atom is 0.111 e. The zero-order valence-electron chi connectivity index (χ0n) is 9.92. The van der Waals surface area contributed by atoms with Gasteiger partial charge in [-0.05, 0) is 54.2 Å². The van der Waals surface area contributed by atoms with Crippen LogP contribution in [-0.4, -0.2) is 16.3 Å². The van der Waals surface area contributed by atoms with Crippen molar-refractivity contribution < 1.29 is 0 Å². The largest absolute Gasteiger partial charge is 0.386 e. The van der Waals surface area contributed by atoms with Crippen molar-refractivity contribution in [3.8, 4) is 0 Å². The second-order valence-corrected chi connectivity index (χ2v) is 8.91. The van der Waals surface area contributed by atoms with E-state index >= 15 is 0 Å². The second kappa shape index (κ2) is 3.75. The number of rotatable bonds is 1. The number of hydrogen-bond donors (Lipinski definition) is 1. The molecule has 0 aromatic carbocycles. The zero-order chi connectivity index (χ0) is 12.3. The van der Waals surface area contributed by atoms with Crippen molar-refractivity contribution in [1.29, 1.82) is 0 Å². The number of thioether (sulfide) groups is 1. The monoisotopic (exact) mass is 330 g/mol. The first kappa shape index (κ1) is 12.1. The summed E-state index contributed by atoms with van der Waals surface area (Å²) >= 11 is 7.33. The van der Waals surface area contributed by atoms with Gasteiger partial charge in [0.05, 0.1) is 8.53 Å². The molecule has 0 radical (unpaired) electrons. The van der Waals surface area contributed by atoms with E-state index in [4.69, 9.17) is 10.7 Å². The van der Waals surface area contributed by atoms with E-state index < -0.39 is 0 Å². The Balaban J connectivity index is 2.02. The van der Waals surface area contributed by atoms with Crippen LogP contribution < -0.4 is 5.73 Å². The Bertz CT molecular complexity index is 505. The Morgan fingerprint density at radius 3 is 2.65 bits per heavy atom. The van der Waals surface area contributed by atoms with E-state index in [1.54, 1.807) is 11.3 Å². The van der Waals surface area contributed by atoms with E-state index in [1.165, 1.54) is 27.1 Å². The summed E-state index contributed by atoms with van der Waals surface area (Å²) in [6.45, 7) is 4.35. The number of amidine groups is 1. The molecule has 1 fully saturated rings. The molecular weight excluding hydrogens is 316 g/mol. The first-order chi connectivity index (χ1) is 7.95. The van der Waals surface area contributed by atoms with E-state index in [-0.39, 0.29) is 10.3 Å². The Morgan fingerprint density at radius 2 is 2.18 bits per heavy atom. The molecule has 0 unspecified atom stereocenters. The molecule has 1 spiro atoms. The summed E-state index contributed by atoms with van der Waals surface area (Å²) in [5.41, 5.74) is 7.34. The molecule has 3 rings (SSSR count). The van der Waals surface area contributed by atoms with Crippen LogP contribution in [0.1, 0.15) is 30.2 Å². The molecule has 0 amide bonds. The number of aryl methyl sites for hydroxylation is 1. The summed E-state index contributed by atoms with van der Waals surface area (Å²) in [5.74, 6) is 1.90. The predicted octanol–water partition coefficient (Wildman–Crippen LogP) is 3.67. The number of halogens is 1. The van der Waals surface area contributed by atoms with Crippen LogP contribution in [0.4, 0.5) is 0 Å². The van der Waals surface area contributed by atoms with Crippen LogP contribution in [-0.2, 0) is 5.54 Å². The van der Waals surface area contributed by atoms with Crippen molar-refractivity contribution in [2.45, 2.75) is 37.0 Å². The molecule has 0 bridgehead atoms. The summed E-state index contributed by atoms with van der Waals surface area (Å²) in [6.07, 6.45) is 2.41. The lowest BCUT2D eigenvalue weighted by Gasteiger charge is -2.33.